The Morgan fingerprint density at radius 1 is 1.22 bits per heavy atom. The summed E-state index contributed by atoms with van der Waals surface area (Å²) in [4.78, 5) is 29.9. The average molecular weight is 343 g/mol. The first-order valence-corrected chi connectivity index (χ1v) is 9.00. The third-order valence-corrected chi connectivity index (χ3v) is 4.78. The molecule has 0 radical (unpaired) electrons. The quantitative estimate of drug-likeness (QED) is 0.782. The van der Waals surface area contributed by atoms with Gasteiger partial charge in [0, 0.05) is 52.2 Å². The molecule has 0 aliphatic carbocycles. The average Bonchev–Trinajstić information content (AvgIpc) is 2.84. The molecule has 7 heteroatoms. The highest BCUT2D eigenvalue weighted by Gasteiger charge is 2.30. The van der Waals surface area contributed by atoms with Crippen LogP contribution in [-0.4, -0.2) is 83.9 Å². The Bertz CT molecular complexity index is 431. The van der Waals surface area contributed by atoms with E-state index >= 15 is 0 Å². The number of hydrogen-bond donors (Lipinski definition) is 1. The molecule has 0 aromatic carbocycles. The van der Waals surface area contributed by atoms with Gasteiger partial charge in [0.05, 0.1) is 0 Å². The lowest BCUT2D eigenvalue weighted by molar-refractivity contribution is -0.127. The van der Waals surface area contributed by atoms with Gasteiger partial charge in [0.15, 0.2) is 0 Å². The van der Waals surface area contributed by atoms with E-state index in [-0.39, 0.29) is 12.0 Å². The van der Waals surface area contributed by atoms with Crippen LogP contribution in [0.3, 0.4) is 0 Å². The Labute approximate surface area is 144 Å². The Hall–Kier alpha value is -0.950. The Balaban J connectivity index is 1.69. The van der Waals surface area contributed by atoms with E-state index < -0.39 is 5.60 Å². The van der Waals surface area contributed by atoms with Crippen LogP contribution in [0.1, 0.15) is 27.2 Å². The molecule has 0 aromatic rings. The predicted molar refractivity (Wildman–Crippen MR) is 92.8 cm³/mol. The fourth-order valence-electron chi connectivity index (χ4n) is 2.94. The maximum atomic E-state index is 12.0. The van der Waals surface area contributed by atoms with Crippen molar-refractivity contribution < 1.29 is 14.3 Å². The number of rotatable bonds is 4. The predicted octanol–water partition coefficient (Wildman–Crippen LogP) is 1.32. The summed E-state index contributed by atoms with van der Waals surface area (Å²) in [5.74, 6) is 1.42. The smallest absolute Gasteiger partial charge is 0.410 e. The number of carbonyl (C=O) groups is 2. The number of ether oxygens (including phenoxy) is 1. The van der Waals surface area contributed by atoms with E-state index in [1.165, 1.54) is 0 Å². The molecule has 2 aliphatic rings. The van der Waals surface area contributed by atoms with Crippen molar-refractivity contribution in [3.63, 3.8) is 0 Å². The van der Waals surface area contributed by atoms with Crippen molar-refractivity contribution in [1.82, 2.24) is 14.7 Å². The van der Waals surface area contributed by atoms with Gasteiger partial charge in [0.1, 0.15) is 5.60 Å². The van der Waals surface area contributed by atoms with Crippen LogP contribution in [0.15, 0.2) is 0 Å². The first kappa shape index (κ1) is 18.4. The summed E-state index contributed by atoms with van der Waals surface area (Å²) < 4.78 is 5.40. The number of piperazine rings is 1. The SMILES string of the molecule is CC(C)(C)OC(=O)N1CCN(CCN2CC(CS)CC2=O)CC1. The first-order valence-electron chi connectivity index (χ1n) is 8.37. The van der Waals surface area contributed by atoms with Crippen LogP contribution in [0.2, 0.25) is 0 Å². The molecule has 23 heavy (non-hydrogen) atoms. The molecule has 1 unspecified atom stereocenters. The Morgan fingerprint density at radius 3 is 2.39 bits per heavy atom. The third kappa shape index (κ3) is 5.57. The number of thiol groups is 1. The fourth-order valence-corrected chi connectivity index (χ4v) is 3.18. The molecule has 1 atom stereocenters. The highest BCUT2D eigenvalue weighted by molar-refractivity contribution is 7.80. The van der Waals surface area contributed by atoms with Crippen LogP contribution >= 0.6 is 12.6 Å². The molecule has 0 saturated carbocycles. The number of hydrogen-bond acceptors (Lipinski definition) is 5. The van der Waals surface area contributed by atoms with Gasteiger partial charge in [0.2, 0.25) is 5.91 Å². The van der Waals surface area contributed by atoms with E-state index in [2.05, 4.69) is 17.5 Å². The minimum absolute atomic E-state index is 0.233. The van der Waals surface area contributed by atoms with Gasteiger partial charge in [-0.1, -0.05) is 0 Å². The normalized spacial score (nSPS) is 23.5. The van der Waals surface area contributed by atoms with Crippen LogP contribution in [0, 0.1) is 5.92 Å². The second-order valence-electron chi connectivity index (χ2n) is 7.40. The molecule has 2 amide bonds. The van der Waals surface area contributed by atoms with Crippen molar-refractivity contribution in [3.8, 4) is 0 Å². The van der Waals surface area contributed by atoms with Gasteiger partial charge in [-0.2, -0.15) is 12.6 Å². The van der Waals surface area contributed by atoms with Crippen molar-refractivity contribution >= 4 is 24.6 Å². The van der Waals surface area contributed by atoms with Crippen molar-refractivity contribution in [3.05, 3.63) is 0 Å². The molecule has 0 aromatic heterocycles. The van der Waals surface area contributed by atoms with Gasteiger partial charge in [-0.3, -0.25) is 9.69 Å². The molecule has 2 saturated heterocycles. The zero-order valence-corrected chi connectivity index (χ0v) is 15.3. The van der Waals surface area contributed by atoms with E-state index in [4.69, 9.17) is 4.74 Å². The first-order chi connectivity index (χ1) is 10.8. The maximum Gasteiger partial charge on any atom is 0.410 e. The molecular weight excluding hydrogens is 314 g/mol. The van der Waals surface area contributed by atoms with Crippen molar-refractivity contribution in [1.29, 1.82) is 0 Å². The van der Waals surface area contributed by atoms with Gasteiger partial charge < -0.3 is 14.5 Å². The standard InChI is InChI=1S/C16H29N3O3S/c1-16(2,3)22-15(21)18-7-4-17(5-8-18)6-9-19-11-13(12-23)10-14(19)20/h13,23H,4-12H2,1-3H3. The highest BCUT2D eigenvalue weighted by Crippen LogP contribution is 2.18. The second-order valence-corrected chi connectivity index (χ2v) is 7.77. The van der Waals surface area contributed by atoms with E-state index in [9.17, 15) is 9.59 Å². The molecule has 2 aliphatic heterocycles. The Kier molecular flexibility index (Phi) is 6.19. The summed E-state index contributed by atoms with van der Waals surface area (Å²) in [6.45, 7) is 11.1. The van der Waals surface area contributed by atoms with Crippen LogP contribution in [0.4, 0.5) is 4.79 Å². The minimum Gasteiger partial charge on any atom is -0.444 e. The molecule has 0 N–H and O–H groups in total. The maximum absolute atomic E-state index is 12.0. The lowest BCUT2D eigenvalue weighted by Crippen LogP contribution is -2.51. The largest absolute Gasteiger partial charge is 0.444 e. The van der Waals surface area contributed by atoms with Gasteiger partial charge in [0.25, 0.3) is 0 Å². The number of likely N-dealkylation sites (tertiary alicyclic amines) is 1. The van der Waals surface area contributed by atoms with Gasteiger partial charge in [-0.05, 0) is 32.4 Å². The molecule has 0 spiro atoms. The molecule has 6 nitrogen and oxygen atoms in total. The summed E-state index contributed by atoms with van der Waals surface area (Å²) in [5, 5.41) is 0. The monoisotopic (exact) mass is 343 g/mol. The summed E-state index contributed by atoms with van der Waals surface area (Å²) >= 11 is 4.29. The van der Waals surface area contributed by atoms with Crippen LogP contribution in [0.25, 0.3) is 0 Å². The van der Waals surface area contributed by atoms with Crippen LogP contribution < -0.4 is 0 Å². The Morgan fingerprint density at radius 2 is 1.87 bits per heavy atom. The minimum atomic E-state index is -0.451. The van der Waals surface area contributed by atoms with Gasteiger partial charge >= 0.3 is 6.09 Å². The molecule has 0 bridgehead atoms. The van der Waals surface area contributed by atoms with Crippen LogP contribution in [-0.2, 0) is 9.53 Å². The summed E-state index contributed by atoms with van der Waals surface area (Å²) in [7, 11) is 0. The highest BCUT2D eigenvalue weighted by atomic mass is 32.1. The van der Waals surface area contributed by atoms with Crippen LogP contribution in [0.5, 0.6) is 0 Å². The lowest BCUT2D eigenvalue weighted by Gasteiger charge is -2.36. The third-order valence-electron chi connectivity index (χ3n) is 4.26. The second kappa shape index (κ2) is 7.75. The van der Waals surface area contributed by atoms with Gasteiger partial charge in [-0.25, -0.2) is 4.79 Å². The van der Waals surface area contributed by atoms with Crippen molar-refractivity contribution in [2.75, 3.05) is 51.6 Å². The van der Waals surface area contributed by atoms with E-state index in [0.29, 0.717) is 25.4 Å². The summed E-state index contributed by atoms with van der Waals surface area (Å²) in [6, 6.07) is 0. The molecule has 2 heterocycles. The summed E-state index contributed by atoms with van der Waals surface area (Å²) in [6.07, 6.45) is 0.402. The fraction of sp³-hybridized carbons (Fsp3) is 0.875. The van der Waals surface area contributed by atoms with E-state index in [1.807, 2.05) is 25.7 Å². The van der Waals surface area contributed by atoms with Crippen molar-refractivity contribution in [2.45, 2.75) is 32.8 Å². The van der Waals surface area contributed by atoms with E-state index in [1.54, 1.807) is 4.90 Å². The van der Waals surface area contributed by atoms with Crippen molar-refractivity contribution in [2.24, 2.45) is 5.92 Å². The zero-order chi connectivity index (χ0) is 17.0. The topological polar surface area (TPSA) is 53.1 Å². The summed E-state index contributed by atoms with van der Waals surface area (Å²) in [5.41, 5.74) is -0.451. The molecule has 132 valence electrons. The number of nitrogens with zero attached hydrogens (tertiary/aromatic N) is 3. The molecular formula is C16H29N3O3S. The lowest BCUT2D eigenvalue weighted by atomic mass is 10.1. The number of amides is 2. The number of carbonyl (C=O) groups excluding carboxylic acids is 2. The molecule has 2 fully saturated rings. The van der Waals surface area contributed by atoms with Gasteiger partial charge in [-0.15, -0.1) is 0 Å². The molecule has 2 rings (SSSR count). The van der Waals surface area contributed by atoms with E-state index in [0.717, 1.165) is 38.5 Å². The zero-order valence-electron chi connectivity index (χ0n) is 14.5.